The van der Waals surface area contributed by atoms with Crippen LogP contribution in [-0.2, 0) is 0 Å². The minimum absolute atomic E-state index is 0.0358. The summed E-state index contributed by atoms with van der Waals surface area (Å²) in [7, 11) is 1.70. The second-order valence-corrected chi connectivity index (χ2v) is 11.6. The van der Waals surface area contributed by atoms with E-state index < -0.39 is 23.8 Å². The lowest BCUT2D eigenvalue weighted by atomic mass is 9.94. The second-order valence-electron chi connectivity index (χ2n) is 11.6. The number of alkyl halides is 1. The number of aromatic hydroxyl groups is 1. The lowest BCUT2D eigenvalue weighted by Crippen LogP contribution is -2.43. The molecule has 2 aromatic carbocycles. The standard InChI is InChI=1S/C32H28F3N5O2/c1-4-20-23(33)7-6-18-10-19(41)11-21(26(18)20)28-27(35)29-22(14-36-28)30(39(3)25-12-24(25)34)38-31(37-29)42-16-32-8-5-9-40(32)15-17(2)13-32/h1,6-7,10-11,14,24-25,41H,2,5,8-9,12-13,15-16H2,3H3/t24-,25-,32-/m0/s1. The maximum atomic E-state index is 16.5. The molecular weight excluding hydrogens is 543 g/mol. The van der Waals surface area contributed by atoms with Gasteiger partial charge in [0.05, 0.1) is 22.5 Å². The molecular formula is C32H28F3N5O2. The minimum atomic E-state index is -1.02. The summed E-state index contributed by atoms with van der Waals surface area (Å²) in [6.07, 6.45) is 9.14. The number of benzene rings is 2. The molecule has 10 heteroatoms. The number of aromatic nitrogens is 3. The summed E-state index contributed by atoms with van der Waals surface area (Å²) in [5.74, 6) is 0.997. The molecule has 4 heterocycles. The summed E-state index contributed by atoms with van der Waals surface area (Å²) in [6, 6.07) is 4.94. The van der Waals surface area contributed by atoms with Crippen molar-refractivity contribution < 1.29 is 23.0 Å². The fraction of sp³-hybridized carbons (Fsp3) is 0.344. The Morgan fingerprint density at radius 2 is 2.10 bits per heavy atom. The third kappa shape index (κ3) is 4.14. The number of ether oxygens (including phenoxy) is 1. The van der Waals surface area contributed by atoms with Gasteiger partial charge in [0, 0.05) is 37.2 Å². The normalized spacial score (nSPS) is 23.4. The van der Waals surface area contributed by atoms with Crippen LogP contribution < -0.4 is 9.64 Å². The number of halogens is 3. The van der Waals surface area contributed by atoms with Crippen LogP contribution in [0.15, 0.2) is 42.6 Å². The number of terminal acetylenes is 1. The predicted octanol–water partition coefficient (Wildman–Crippen LogP) is 5.53. The fourth-order valence-electron chi connectivity index (χ4n) is 6.65. The van der Waals surface area contributed by atoms with E-state index in [1.807, 2.05) is 0 Å². The predicted molar refractivity (Wildman–Crippen MR) is 154 cm³/mol. The largest absolute Gasteiger partial charge is 0.508 e. The Kier molecular flexibility index (Phi) is 6.06. The average Bonchev–Trinajstić information content (AvgIpc) is 3.45. The van der Waals surface area contributed by atoms with Crippen LogP contribution in [0.4, 0.5) is 19.0 Å². The van der Waals surface area contributed by atoms with Crippen LogP contribution in [0.2, 0.25) is 0 Å². The van der Waals surface area contributed by atoms with Gasteiger partial charge in [-0.2, -0.15) is 9.97 Å². The Hall–Kier alpha value is -4.36. The van der Waals surface area contributed by atoms with Crippen LogP contribution >= 0.6 is 0 Å². The second kappa shape index (κ2) is 9.60. The highest BCUT2D eigenvalue weighted by atomic mass is 19.1. The Bertz CT molecular complexity index is 1840. The van der Waals surface area contributed by atoms with Gasteiger partial charge in [-0.3, -0.25) is 9.88 Å². The van der Waals surface area contributed by atoms with E-state index in [2.05, 4.69) is 32.4 Å². The molecule has 1 aliphatic carbocycles. The van der Waals surface area contributed by atoms with E-state index in [4.69, 9.17) is 11.2 Å². The van der Waals surface area contributed by atoms with E-state index in [9.17, 15) is 13.9 Å². The van der Waals surface area contributed by atoms with Crippen molar-refractivity contribution in [2.75, 3.05) is 31.6 Å². The lowest BCUT2D eigenvalue weighted by Gasteiger charge is -2.31. The van der Waals surface area contributed by atoms with Crippen molar-refractivity contribution in [1.82, 2.24) is 19.9 Å². The summed E-state index contributed by atoms with van der Waals surface area (Å²) >= 11 is 0. The number of hydrogen-bond donors (Lipinski definition) is 1. The topological polar surface area (TPSA) is 74.6 Å². The monoisotopic (exact) mass is 571 g/mol. The Labute approximate surface area is 240 Å². The van der Waals surface area contributed by atoms with Crippen molar-refractivity contribution in [3.63, 3.8) is 0 Å². The van der Waals surface area contributed by atoms with Crippen LogP contribution in [0.25, 0.3) is 32.9 Å². The van der Waals surface area contributed by atoms with E-state index in [1.165, 1.54) is 30.5 Å². The highest BCUT2D eigenvalue weighted by Gasteiger charge is 2.47. The number of phenols is 1. The zero-order valence-electron chi connectivity index (χ0n) is 23.0. The van der Waals surface area contributed by atoms with Crippen molar-refractivity contribution in [3.8, 4) is 35.4 Å². The molecule has 2 saturated heterocycles. The highest BCUT2D eigenvalue weighted by molar-refractivity contribution is 6.03. The molecule has 2 aromatic heterocycles. The molecule has 0 spiro atoms. The van der Waals surface area contributed by atoms with Gasteiger partial charge in [0.2, 0.25) is 0 Å². The number of pyridine rings is 1. The number of hydrogen-bond acceptors (Lipinski definition) is 7. The van der Waals surface area contributed by atoms with Crippen molar-refractivity contribution in [1.29, 1.82) is 0 Å². The third-order valence-electron chi connectivity index (χ3n) is 8.81. The Balaban J connectivity index is 1.38. The first kappa shape index (κ1) is 26.5. The molecule has 0 radical (unpaired) electrons. The number of fused-ring (bicyclic) bond motifs is 3. The molecule has 3 fully saturated rings. The van der Waals surface area contributed by atoms with E-state index in [0.717, 1.165) is 37.9 Å². The van der Waals surface area contributed by atoms with Crippen LogP contribution in [0.5, 0.6) is 11.8 Å². The van der Waals surface area contributed by atoms with Gasteiger partial charge in [0.25, 0.3) is 0 Å². The first-order valence-corrected chi connectivity index (χ1v) is 13.9. The molecule has 4 aromatic rings. The summed E-state index contributed by atoms with van der Waals surface area (Å²) in [5.41, 5.74) is 0.714. The molecule has 1 N–H and O–H groups in total. The molecule has 3 aliphatic rings. The van der Waals surface area contributed by atoms with Crippen molar-refractivity contribution >= 4 is 27.5 Å². The van der Waals surface area contributed by atoms with Gasteiger partial charge in [-0.05, 0) is 49.4 Å². The van der Waals surface area contributed by atoms with Crippen molar-refractivity contribution in [2.24, 2.45) is 0 Å². The molecule has 2 aliphatic heterocycles. The minimum Gasteiger partial charge on any atom is -0.508 e. The zero-order valence-corrected chi connectivity index (χ0v) is 23.0. The van der Waals surface area contributed by atoms with Crippen molar-refractivity contribution in [2.45, 2.75) is 43.4 Å². The summed E-state index contributed by atoms with van der Waals surface area (Å²) in [5, 5.41) is 11.4. The highest BCUT2D eigenvalue weighted by Crippen LogP contribution is 2.43. The van der Waals surface area contributed by atoms with E-state index >= 15 is 4.39 Å². The maximum absolute atomic E-state index is 16.5. The van der Waals surface area contributed by atoms with Crippen LogP contribution in [0, 0.1) is 24.0 Å². The fourth-order valence-corrected chi connectivity index (χ4v) is 6.65. The van der Waals surface area contributed by atoms with Gasteiger partial charge in [-0.1, -0.05) is 24.1 Å². The van der Waals surface area contributed by atoms with Crippen LogP contribution in [0.1, 0.15) is 31.2 Å². The lowest BCUT2D eigenvalue weighted by molar-refractivity contribution is 0.108. The third-order valence-corrected chi connectivity index (χ3v) is 8.81. The van der Waals surface area contributed by atoms with Gasteiger partial charge < -0.3 is 14.7 Å². The smallest absolute Gasteiger partial charge is 0.319 e. The van der Waals surface area contributed by atoms with Crippen LogP contribution in [0.3, 0.4) is 0 Å². The molecule has 7 nitrogen and oxygen atoms in total. The molecule has 0 bridgehead atoms. The molecule has 7 rings (SSSR count). The SMILES string of the molecule is C#Cc1c(F)ccc2cc(O)cc(-c3ncc4c(N(C)[C@H]5C[C@@H]5F)nc(OC[C@@]56CCCN5CC(=C)C6)nc4c3F)c12. The van der Waals surface area contributed by atoms with Gasteiger partial charge >= 0.3 is 6.01 Å². The van der Waals surface area contributed by atoms with Gasteiger partial charge in [-0.25, -0.2) is 13.2 Å². The summed E-state index contributed by atoms with van der Waals surface area (Å²) in [4.78, 5) is 17.5. The van der Waals surface area contributed by atoms with E-state index in [0.29, 0.717) is 24.2 Å². The molecule has 42 heavy (non-hydrogen) atoms. The first-order chi connectivity index (χ1) is 20.2. The Morgan fingerprint density at radius 1 is 1.29 bits per heavy atom. The van der Waals surface area contributed by atoms with E-state index in [1.54, 1.807) is 11.9 Å². The van der Waals surface area contributed by atoms with Gasteiger partial charge in [0.15, 0.2) is 5.82 Å². The quantitative estimate of drug-likeness (QED) is 0.241. The van der Waals surface area contributed by atoms with E-state index in [-0.39, 0.29) is 50.4 Å². The number of rotatable bonds is 6. The average molecular weight is 572 g/mol. The van der Waals surface area contributed by atoms with Crippen molar-refractivity contribution in [3.05, 3.63) is 59.8 Å². The Morgan fingerprint density at radius 3 is 2.86 bits per heavy atom. The molecule has 3 atom stereocenters. The van der Waals surface area contributed by atoms with Gasteiger partial charge in [0.1, 0.15) is 41.4 Å². The first-order valence-electron chi connectivity index (χ1n) is 13.9. The molecule has 1 saturated carbocycles. The number of phenolic OH excluding ortho intramolecular Hbond substituents is 1. The number of nitrogens with zero attached hydrogens (tertiary/aromatic N) is 5. The van der Waals surface area contributed by atoms with Gasteiger partial charge in [-0.15, -0.1) is 6.42 Å². The number of anilines is 1. The molecule has 0 amide bonds. The summed E-state index contributed by atoms with van der Waals surface area (Å²) in [6.45, 7) is 6.24. The zero-order chi connectivity index (χ0) is 29.3. The molecule has 0 unspecified atom stereocenters. The van der Waals surface area contributed by atoms with Crippen LogP contribution in [-0.4, -0.2) is 69.5 Å². The molecule has 214 valence electrons. The summed E-state index contributed by atoms with van der Waals surface area (Å²) < 4.78 is 51.5. The maximum Gasteiger partial charge on any atom is 0.319 e.